The van der Waals surface area contributed by atoms with E-state index in [4.69, 9.17) is 4.52 Å². The molecule has 0 saturated carbocycles. The standard InChI is InChI=1S/C17H20O2P/c1-3-17(18)19-20(4-2,15-11-7-5-8-12-15)16-13-9-6-10-14-16/h5-14H,3-4H2,1-2H3. The molecular formula is C17H20O2P. The third-order valence-corrected chi connectivity index (χ3v) is 7.01. The lowest BCUT2D eigenvalue weighted by atomic mass is 10.4. The second-order valence-corrected chi connectivity index (χ2v) is 7.87. The van der Waals surface area contributed by atoms with Crippen molar-refractivity contribution in [3.63, 3.8) is 0 Å². The lowest BCUT2D eigenvalue weighted by Crippen LogP contribution is -2.28. The number of benzene rings is 2. The molecule has 1 radical (unpaired) electrons. The Morgan fingerprint density at radius 3 is 1.70 bits per heavy atom. The van der Waals surface area contributed by atoms with E-state index < -0.39 is 7.49 Å². The minimum Gasteiger partial charge on any atom is -0.443 e. The van der Waals surface area contributed by atoms with Crippen LogP contribution in [-0.2, 0) is 9.32 Å². The van der Waals surface area contributed by atoms with E-state index in [9.17, 15) is 4.79 Å². The fourth-order valence-corrected chi connectivity index (χ4v) is 5.41. The molecule has 0 saturated heterocycles. The number of carbonyl (C=O) groups excluding carboxylic acids is 1. The maximum Gasteiger partial charge on any atom is 0.308 e. The highest BCUT2D eigenvalue weighted by molar-refractivity contribution is 7.85. The first-order valence-corrected chi connectivity index (χ1v) is 8.84. The maximum atomic E-state index is 11.9. The van der Waals surface area contributed by atoms with Crippen molar-refractivity contribution in [2.24, 2.45) is 0 Å². The lowest BCUT2D eigenvalue weighted by molar-refractivity contribution is -0.133. The predicted octanol–water partition coefficient (Wildman–Crippen LogP) is 3.54. The Labute approximate surface area is 121 Å². The molecule has 0 aliphatic rings. The zero-order chi connectivity index (χ0) is 14.4. The first-order valence-electron chi connectivity index (χ1n) is 6.94. The van der Waals surface area contributed by atoms with Crippen molar-refractivity contribution in [2.75, 3.05) is 6.16 Å². The number of carbonyl (C=O) groups is 1. The molecule has 0 unspecified atom stereocenters. The lowest BCUT2D eigenvalue weighted by Gasteiger charge is -2.35. The molecular weight excluding hydrogens is 267 g/mol. The highest BCUT2D eigenvalue weighted by atomic mass is 31.2. The minimum absolute atomic E-state index is 0.132. The molecule has 0 heterocycles. The fourth-order valence-electron chi connectivity index (χ4n) is 2.26. The van der Waals surface area contributed by atoms with Crippen molar-refractivity contribution in [1.82, 2.24) is 0 Å². The van der Waals surface area contributed by atoms with Crippen LogP contribution in [0.5, 0.6) is 0 Å². The molecule has 0 amide bonds. The highest BCUT2D eigenvalue weighted by Gasteiger charge is 2.34. The van der Waals surface area contributed by atoms with Crippen molar-refractivity contribution in [2.45, 2.75) is 20.3 Å². The summed E-state index contributed by atoms with van der Waals surface area (Å²) in [6.07, 6.45) is 1.22. The van der Waals surface area contributed by atoms with Gasteiger partial charge in [-0.2, -0.15) is 0 Å². The van der Waals surface area contributed by atoms with Crippen LogP contribution in [0.1, 0.15) is 20.3 Å². The largest absolute Gasteiger partial charge is 0.443 e. The minimum atomic E-state index is -2.10. The van der Waals surface area contributed by atoms with Gasteiger partial charge in [0.25, 0.3) is 0 Å². The van der Waals surface area contributed by atoms with Crippen molar-refractivity contribution in [1.29, 1.82) is 0 Å². The van der Waals surface area contributed by atoms with Crippen molar-refractivity contribution < 1.29 is 9.32 Å². The molecule has 3 heteroatoms. The maximum absolute atomic E-state index is 11.9. The second-order valence-electron chi connectivity index (χ2n) is 4.54. The van der Waals surface area contributed by atoms with Gasteiger partial charge in [0.15, 0.2) is 0 Å². The SMILES string of the molecule is CCC(=O)O[P](CC)(c1ccccc1)c1ccccc1. The number of rotatable bonds is 5. The Kier molecular flexibility index (Phi) is 4.92. The van der Waals surface area contributed by atoms with Crippen LogP contribution >= 0.6 is 7.49 Å². The van der Waals surface area contributed by atoms with E-state index in [-0.39, 0.29) is 5.97 Å². The summed E-state index contributed by atoms with van der Waals surface area (Å²) in [6.45, 7) is 3.93. The average Bonchev–Trinajstić information content (AvgIpc) is 2.54. The molecule has 0 atom stereocenters. The van der Waals surface area contributed by atoms with Gasteiger partial charge in [0, 0.05) is 23.2 Å². The molecule has 2 aromatic carbocycles. The van der Waals surface area contributed by atoms with Crippen molar-refractivity contribution >= 4 is 24.1 Å². The van der Waals surface area contributed by atoms with Crippen LogP contribution < -0.4 is 10.6 Å². The van der Waals surface area contributed by atoms with E-state index in [2.05, 4.69) is 31.2 Å². The van der Waals surface area contributed by atoms with Gasteiger partial charge in [-0.25, -0.2) is 0 Å². The summed E-state index contributed by atoms with van der Waals surface area (Å²) < 4.78 is 5.98. The second kappa shape index (κ2) is 6.67. The summed E-state index contributed by atoms with van der Waals surface area (Å²) in [4.78, 5) is 11.9. The van der Waals surface area contributed by atoms with Crippen LogP contribution in [0.15, 0.2) is 60.7 Å². The van der Waals surface area contributed by atoms with E-state index in [1.54, 1.807) is 0 Å². The normalized spacial score (nSPS) is 11.1. The van der Waals surface area contributed by atoms with E-state index in [0.29, 0.717) is 6.42 Å². The van der Waals surface area contributed by atoms with Crippen LogP contribution in [0.3, 0.4) is 0 Å². The first-order chi connectivity index (χ1) is 9.73. The number of hydrogen-bond acceptors (Lipinski definition) is 2. The zero-order valence-electron chi connectivity index (χ0n) is 12.0. The van der Waals surface area contributed by atoms with Crippen LogP contribution in [0.4, 0.5) is 0 Å². The third-order valence-electron chi connectivity index (χ3n) is 3.34. The molecule has 2 rings (SSSR count). The summed E-state index contributed by atoms with van der Waals surface area (Å²) in [5, 5.41) is 2.24. The quantitative estimate of drug-likeness (QED) is 0.786. The summed E-state index contributed by atoms with van der Waals surface area (Å²) in [5.41, 5.74) is 0. The van der Waals surface area contributed by atoms with Gasteiger partial charge in [-0.15, -0.1) is 0 Å². The predicted molar refractivity (Wildman–Crippen MR) is 86.0 cm³/mol. The molecule has 0 aliphatic carbocycles. The Morgan fingerprint density at radius 2 is 1.35 bits per heavy atom. The van der Waals surface area contributed by atoms with Gasteiger partial charge in [0.05, 0.1) is 7.49 Å². The van der Waals surface area contributed by atoms with Crippen LogP contribution in [0, 0.1) is 0 Å². The van der Waals surface area contributed by atoms with E-state index in [1.165, 1.54) is 0 Å². The molecule has 0 spiro atoms. The Hall–Kier alpha value is -1.66. The zero-order valence-corrected chi connectivity index (χ0v) is 12.8. The van der Waals surface area contributed by atoms with Crippen molar-refractivity contribution in [3.05, 3.63) is 60.7 Å². The summed E-state index contributed by atoms with van der Waals surface area (Å²) in [7, 11) is -2.10. The summed E-state index contributed by atoms with van der Waals surface area (Å²) in [5.74, 6) is -0.132. The molecule has 0 aromatic heterocycles. The van der Waals surface area contributed by atoms with E-state index >= 15 is 0 Å². The Balaban J connectivity index is 2.55. The van der Waals surface area contributed by atoms with E-state index in [0.717, 1.165) is 16.8 Å². The topological polar surface area (TPSA) is 26.3 Å². The summed E-state index contributed by atoms with van der Waals surface area (Å²) in [6, 6.07) is 20.2. The van der Waals surface area contributed by atoms with Gasteiger partial charge in [-0.1, -0.05) is 74.5 Å². The molecule has 105 valence electrons. The molecule has 0 fully saturated rings. The van der Waals surface area contributed by atoms with Gasteiger partial charge in [0.1, 0.15) is 0 Å². The first kappa shape index (κ1) is 14.7. The fraction of sp³-hybridized carbons (Fsp3) is 0.235. The molecule has 2 aromatic rings. The number of hydrogen-bond donors (Lipinski definition) is 0. The molecule has 0 N–H and O–H groups in total. The van der Waals surface area contributed by atoms with Crippen LogP contribution in [-0.4, -0.2) is 12.1 Å². The van der Waals surface area contributed by atoms with Gasteiger partial charge < -0.3 is 4.52 Å². The van der Waals surface area contributed by atoms with Crippen molar-refractivity contribution in [3.8, 4) is 0 Å². The summed E-state index contributed by atoms with van der Waals surface area (Å²) >= 11 is 0. The smallest absolute Gasteiger partial charge is 0.308 e. The van der Waals surface area contributed by atoms with Crippen LogP contribution in [0.25, 0.3) is 0 Å². The van der Waals surface area contributed by atoms with Gasteiger partial charge in [-0.3, -0.25) is 4.79 Å². The van der Waals surface area contributed by atoms with Gasteiger partial charge in [0.2, 0.25) is 0 Å². The average molecular weight is 287 g/mol. The Bertz CT molecular complexity index is 512. The molecule has 20 heavy (non-hydrogen) atoms. The Morgan fingerprint density at radius 1 is 0.900 bits per heavy atom. The van der Waals surface area contributed by atoms with E-state index in [1.807, 2.05) is 43.3 Å². The van der Waals surface area contributed by atoms with Crippen LogP contribution in [0.2, 0.25) is 0 Å². The highest BCUT2D eigenvalue weighted by Crippen LogP contribution is 2.57. The third kappa shape index (κ3) is 2.91. The molecule has 2 nitrogen and oxygen atoms in total. The molecule has 0 aliphatic heterocycles. The van der Waals surface area contributed by atoms with Gasteiger partial charge in [-0.05, 0) is 0 Å². The monoisotopic (exact) mass is 287 g/mol. The molecule has 0 bridgehead atoms. The van der Waals surface area contributed by atoms with Gasteiger partial charge >= 0.3 is 5.97 Å².